The third-order valence-electron chi connectivity index (χ3n) is 4.81. The maximum absolute atomic E-state index is 12.6. The number of carbonyl (C=O) groups excluding carboxylic acids is 1. The van der Waals surface area contributed by atoms with Crippen LogP contribution in [0.25, 0.3) is 0 Å². The number of rotatable bonds is 3. The summed E-state index contributed by atoms with van der Waals surface area (Å²) in [5.41, 5.74) is 0. The lowest BCUT2D eigenvalue weighted by Crippen LogP contribution is -2.42. The fourth-order valence-electron chi connectivity index (χ4n) is 3.73. The topological polar surface area (TPSA) is 53.7 Å². The van der Waals surface area contributed by atoms with Crippen LogP contribution in [0.4, 0.5) is 0 Å². The molecule has 3 unspecified atom stereocenters. The Balaban J connectivity index is 1.76. The molecule has 0 bridgehead atoms. The molecule has 0 aromatic carbocycles. The van der Waals surface area contributed by atoms with Crippen LogP contribution in [0.3, 0.4) is 0 Å². The van der Waals surface area contributed by atoms with E-state index in [9.17, 15) is 9.90 Å². The predicted octanol–water partition coefficient (Wildman–Crippen LogP) is 2.61. The van der Waals surface area contributed by atoms with Crippen LogP contribution in [-0.2, 0) is 6.42 Å². The van der Waals surface area contributed by atoms with Crippen molar-refractivity contribution >= 4 is 5.91 Å². The fourth-order valence-corrected chi connectivity index (χ4v) is 3.73. The summed E-state index contributed by atoms with van der Waals surface area (Å²) in [7, 11) is 0. The van der Waals surface area contributed by atoms with Crippen molar-refractivity contribution in [1.82, 2.24) is 4.90 Å². The van der Waals surface area contributed by atoms with Gasteiger partial charge in [-0.15, -0.1) is 0 Å². The smallest absolute Gasteiger partial charge is 0.289 e. The zero-order valence-corrected chi connectivity index (χ0v) is 12.0. The van der Waals surface area contributed by atoms with Gasteiger partial charge >= 0.3 is 0 Å². The van der Waals surface area contributed by atoms with E-state index in [0.717, 1.165) is 50.8 Å². The lowest BCUT2D eigenvalue weighted by Gasteiger charge is -2.30. The monoisotopic (exact) mass is 277 g/mol. The van der Waals surface area contributed by atoms with Gasteiger partial charge in [0.25, 0.3) is 5.91 Å². The summed E-state index contributed by atoms with van der Waals surface area (Å²) in [6.45, 7) is 2.80. The molecule has 110 valence electrons. The zero-order valence-electron chi connectivity index (χ0n) is 12.0. The molecule has 2 aliphatic rings. The number of furan rings is 1. The fraction of sp³-hybridized carbons (Fsp3) is 0.688. The minimum absolute atomic E-state index is 0.00806. The van der Waals surface area contributed by atoms with Crippen molar-refractivity contribution in [1.29, 1.82) is 0 Å². The number of aliphatic hydroxyl groups is 1. The van der Waals surface area contributed by atoms with Crippen LogP contribution in [0.15, 0.2) is 16.5 Å². The lowest BCUT2D eigenvalue weighted by atomic mass is 9.94. The number of hydrogen-bond acceptors (Lipinski definition) is 3. The van der Waals surface area contributed by atoms with E-state index >= 15 is 0 Å². The van der Waals surface area contributed by atoms with Crippen molar-refractivity contribution in [2.45, 2.75) is 57.6 Å². The number of hydrogen-bond donors (Lipinski definition) is 1. The minimum Gasteiger partial charge on any atom is -0.456 e. The Kier molecular flexibility index (Phi) is 3.83. The van der Waals surface area contributed by atoms with Gasteiger partial charge in [0, 0.05) is 24.9 Å². The molecule has 1 aliphatic carbocycles. The summed E-state index contributed by atoms with van der Waals surface area (Å²) in [5.74, 6) is 1.54. The van der Waals surface area contributed by atoms with Crippen molar-refractivity contribution < 1.29 is 14.3 Å². The first-order valence-corrected chi connectivity index (χ1v) is 7.78. The highest BCUT2D eigenvalue weighted by molar-refractivity contribution is 5.92. The van der Waals surface area contributed by atoms with E-state index in [1.807, 2.05) is 17.9 Å². The first kappa shape index (κ1) is 13.7. The van der Waals surface area contributed by atoms with Gasteiger partial charge in [-0.25, -0.2) is 0 Å². The molecule has 1 amide bonds. The largest absolute Gasteiger partial charge is 0.456 e. The highest BCUT2D eigenvalue weighted by atomic mass is 16.4. The van der Waals surface area contributed by atoms with Gasteiger partial charge in [0.1, 0.15) is 5.76 Å². The Bertz CT molecular complexity index is 482. The van der Waals surface area contributed by atoms with Crippen LogP contribution in [0, 0.1) is 5.92 Å². The minimum atomic E-state index is -0.240. The van der Waals surface area contributed by atoms with Crippen molar-refractivity contribution in [2.24, 2.45) is 5.92 Å². The summed E-state index contributed by atoms with van der Waals surface area (Å²) in [5, 5.41) is 10.1. The third kappa shape index (κ3) is 2.37. The summed E-state index contributed by atoms with van der Waals surface area (Å²) in [6.07, 6.45) is 5.59. The van der Waals surface area contributed by atoms with E-state index in [-0.39, 0.29) is 24.0 Å². The number of amides is 1. The third-order valence-corrected chi connectivity index (χ3v) is 4.81. The molecule has 1 aromatic rings. The van der Waals surface area contributed by atoms with Crippen molar-refractivity contribution in [3.63, 3.8) is 0 Å². The van der Waals surface area contributed by atoms with Gasteiger partial charge in [0.2, 0.25) is 0 Å². The van der Waals surface area contributed by atoms with Gasteiger partial charge in [-0.2, -0.15) is 0 Å². The summed E-state index contributed by atoms with van der Waals surface area (Å²) in [4.78, 5) is 14.5. The quantitative estimate of drug-likeness (QED) is 0.924. The maximum atomic E-state index is 12.6. The molecule has 3 atom stereocenters. The number of likely N-dealkylation sites (tertiary alicyclic amines) is 1. The van der Waals surface area contributed by atoms with Crippen LogP contribution in [0.1, 0.15) is 55.3 Å². The molecular weight excluding hydrogens is 254 g/mol. The highest BCUT2D eigenvalue weighted by Crippen LogP contribution is 2.36. The average molecular weight is 277 g/mol. The number of nitrogens with zero attached hydrogens (tertiary/aromatic N) is 1. The van der Waals surface area contributed by atoms with Gasteiger partial charge in [-0.05, 0) is 37.8 Å². The standard InChI is InChI=1S/C16H23NO3/c1-2-11-8-9-15(20-11)16(19)17-10-4-6-13(17)12-5-3-7-14(12)18/h8-9,12-14,18H,2-7,10H2,1H3. The number of aliphatic hydroxyl groups excluding tert-OH is 1. The molecule has 1 aromatic heterocycles. The van der Waals surface area contributed by atoms with E-state index in [1.54, 1.807) is 6.07 Å². The summed E-state index contributed by atoms with van der Waals surface area (Å²) < 4.78 is 5.59. The molecule has 1 N–H and O–H groups in total. The molecule has 0 spiro atoms. The van der Waals surface area contributed by atoms with Crippen LogP contribution < -0.4 is 0 Å². The van der Waals surface area contributed by atoms with Crippen LogP contribution >= 0.6 is 0 Å². The van der Waals surface area contributed by atoms with Crippen molar-refractivity contribution in [2.75, 3.05) is 6.54 Å². The lowest BCUT2D eigenvalue weighted by molar-refractivity contribution is 0.0501. The molecule has 4 nitrogen and oxygen atoms in total. The van der Waals surface area contributed by atoms with Gasteiger partial charge in [0.15, 0.2) is 5.76 Å². The molecule has 4 heteroatoms. The highest BCUT2D eigenvalue weighted by Gasteiger charge is 2.40. The van der Waals surface area contributed by atoms with E-state index in [1.165, 1.54) is 0 Å². The van der Waals surface area contributed by atoms with Crippen LogP contribution in [0.5, 0.6) is 0 Å². The maximum Gasteiger partial charge on any atom is 0.289 e. The Labute approximate surface area is 119 Å². The Morgan fingerprint density at radius 2 is 2.20 bits per heavy atom. The molecule has 1 saturated carbocycles. The van der Waals surface area contributed by atoms with Crippen molar-refractivity contribution in [3.05, 3.63) is 23.7 Å². The molecule has 20 heavy (non-hydrogen) atoms. The first-order chi connectivity index (χ1) is 9.70. The molecule has 3 rings (SSSR count). The predicted molar refractivity (Wildman–Crippen MR) is 75.5 cm³/mol. The second-order valence-electron chi connectivity index (χ2n) is 5.99. The number of aryl methyl sites for hydroxylation is 1. The van der Waals surface area contributed by atoms with E-state index in [2.05, 4.69) is 0 Å². The summed E-state index contributed by atoms with van der Waals surface area (Å²) in [6, 6.07) is 3.85. The Hall–Kier alpha value is -1.29. The van der Waals surface area contributed by atoms with Gasteiger partial charge in [0.05, 0.1) is 6.10 Å². The second kappa shape index (κ2) is 5.60. The molecule has 2 fully saturated rings. The molecular formula is C16H23NO3. The van der Waals surface area contributed by atoms with Crippen LogP contribution in [-0.4, -0.2) is 34.6 Å². The van der Waals surface area contributed by atoms with Crippen LogP contribution in [0.2, 0.25) is 0 Å². The second-order valence-corrected chi connectivity index (χ2v) is 5.99. The van der Waals surface area contributed by atoms with E-state index < -0.39 is 0 Å². The normalized spacial score (nSPS) is 30.1. The van der Waals surface area contributed by atoms with E-state index in [4.69, 9.17) is 4.42 Å². The molecule has 1 aliphatic heterocycles. The van der Waals surface area contributed by atoms with Gasteiger partial charge < -0.3 is 14.4 Å². The van der Waals surface area contributed by atoms with Gasteiger partial charge in [-0.3, -0.25) is 4.79 Å². The Morgan fingerprint density at radius 1 is 1.35 bits per heavy atom. The molecule has 0 radical (unpaired) electrons. The average Bonchev–Trinajstić information content (AvgIpc) is 3.17. The van der Waals surface area contributed by atoms with E-state index in [0.29, 0.717) is 5.76 Å². The Morgan fingerprint density at radius 3 is 2.85 bits per heavy atom. The number of carbonyl (C=O) groups is 1. The summed E-state index contributed by atoms with van der Waals surface area (Å²) >= 11 is 0. The molecule has 1 saturated heterocycles. The van der Waals surface area contributed by atoms with Gasteiger partial charge in [-0.1, -0.05) is 13.3 Å². The SMILES string of the molecule is CCc1ccc(C(=O)N2CCCC2C2CCCC2O)o1. The van der Waals surface area contributed by atoms with Crippen molar-refractivity contribution in [3.8, 4) is 0 Å². The first-order valence-electron chi connectivity index (χ1n) is 7.78. The zero-order chi connectivity index (χ0) is 14.1. The molecule has 2 heterocycles.